The Kier molecular flexibility index (Phi) is 4.57. The van der Waals surface area contributed by atoms with Crippen LogP contribution < -0.4 is 0 Å². The van der Waals surface area contributed by atoms with E-state index in [1.807, 2.05) is 31.2 Å². The lowest BCUT2D eigenvalue weighted by Gasteiger charge is -2.22. The van der Waals surface area contributed by atoms with E-state index in [9.17, 15) is 14.7 Å². The van der Waals surface area contributed by atoms with Gasteiger partial charge in [-0.1, -0.05) is 18.2 Å². The van der Waals surface area contributed by atoms with Crippen molar-refractivity contribution in [3.63, 3.8) is 0 Å². The summed E-state index contributed by atoms with van der Waals surface area (Å²) in [5, 5.41) is 10.9. The fourth-order valence-corrected chi connectivity index (χ4v) is 3.45. The number of carbonyl (C=O) groups excluding carboxylic acids is 2. The number of aryl methyl sites for hydroxylation is 2. The lowest BCUT2D eigenvalue weighted by atomic mass is 10.2. The average molecular weight is 330 g/mol. The molecule has 2 heterocycles. The number of likely N-dealkylation sites (tertiary alicyclic amines) is 1. The van der Waals surface area contributed by atoms with Gasteiger partial charge in [-0.05, 0) is 24.4 Å². The van der Waals surface area contributed by atoms with E-state index in [1.54, 1.807) is 0 Å². The quantitative estimate of drug-likeness (QED) is 0.862. The maximum absolute atomic E-state index is 12.6. The molecule has 0 aliphatic carbocycles. The van der Waals surface area contributed by atoms with Gasteiger partial charge in [-0.2, -0.15) is 0 Å². The minimum Gasteiger partial charge on any atom is -0.467 e. The van der Waals surface area contributed by atoms with Crippen LogP contribution in [0.1, 0.15) is 18.5 Å². The van der Waals surface area contributed by atoms with E-state index < -0.39 is 18.1 Å². The van der Waals surface area contributed by atoms with Crippen LogP contribution in [-0.4, -0.2) is 52.3 Å². The second kappa shape index (κ2) is 6.65. The second-order valence-electron chi connectivity index (χ2n) is 6.22. The summed E-state index contributed by atoms with van der Waals surface area (Å²) in [7, 11) is 1.30. The largest absolute Gasteiger partial charge is 0.467 e. The van der Waals surface area contributed by atoms with E-state index >= 15 is 0 Å². The number of fused-ring (bicyclic) bond motifs is 1. The number of nitrogens with zero attached hydrogens (tertiary/aromatic N) is 2. The molecule has 0 radical (unpaired) electrons. The van der Waals surface area contributed by atoms with E-state index in [2.05, 4.69) is 10.6 Å². The van der Waals surface area contributed by atoms with E-state index in [1.165, 1.54) is 12.0 Å². The van der Waals surface area contributed by atoms with Crippen molar-refractivity contribution in [1.82, 2.24) is 9.47 Å². The molecule has 1 aliphatic rings. The molecule has 3 rings (SSSR count). The number of methoxy groups -OCH3 is 1. The van der Waals surface area contributed by atoms with Gasteiger partial charge < -0.3 is 19.3 Å². The van der Waals surface area contributed by atoms with Crippen LogP contribution in [0, 0.1) is 6.92 Å². The molecule has 24 heavy (non-hydrogen) atoms. The first-order valence-electron chi connectivity index (χ1n) is 8.11. The zero-order valence-corrected chi connectivity index (χ0v) is 13.9. The highest BCUT2D eigenvalue weighted by Crippen LogP contribution is 2.22. The number of aromatic nitrogens is 1. The van der Waals surface area contributed by atoms with E-state index in [0.29, 0.717) is 6.54 Å². The van der Waals surface area contributed by atoms with Gasteiger partial charge >= 0.3 is 5.97 Å². The number of rotatable bonds is 4. The standard InChI is InChI=1S/C18H22N2O4/c1-12-9-13-5-3-4-6-15(13)19(12)8-7-17(22)20-11-14(21)10-16(20)18(23)24-2/h3-6,9,14,16,21H,7-8,10-11H2,1-2H3/t14-,16+/m1/s1. The van der Waals surface area contributed by atoms with E-state index in [-0.39, 0.29) is 25.3 Å². The third-order valence-electron chi connectivity index (χ3n) is 4.64. The first-order chi connectivity index (χ1) is 11.5. The summed E-state index contributed by atoms with van der Waals surface area (Å²) in [5.41, 5.74) is 2.18. The molecule has 1 aliphatic heterocycles. The highest BCUT2D eigenvalue weighted by Gasteiger charge is 2.39. The number of β-amino-alcohol motifs (C(OH)–C–C–N with tert-alkyl or cyclic N) is 1. The summed E-state index contributed by atoms with van der Waals surface area (Å²) in [6, 6.07) is 9.46. The number of hydrogen-bond acceptors (Lipinski definition) is 4. The van der Waals surface area contributed by atoms with Crippen LogP contribution in [0.25, 0.3) is 10.9 Å². The Labute approximate surface area is 140 Å². The van der Waals surface area contributed by atoms with Crippen LogP contribution >= 0.6 is 0 Å². The van der Waals surface area contributed by atoms with Gasteiger partial charge in [0.1, 0.15) is 6.04 Å². The van der Waals surface area contributed by atoms with Gasteiger partial charge in [0.25, 0.3) is 0 Å². The molecule has 0 saturated carbocycles. The first kappa shape index (κ1) is 16.5. The summed E-state index contributed by atoms with van der Waals surface area (Å²) in [6.45, 7) is 2.74. The highest BCUT2D eigenvalue weighted by atomic mass is 16.5. The third kappa shape index (κ3) is 3.01. The summed E-state index contributed by atoms with van der Waals surface area (Å²) in [6.07, 6.45) is -0.156. The predicted molar refractivity (Wildman–Crippen MR) is 89.4 cm³/mol. The fraction of sp³-hybridized carbons (Fsp3) is 0.444. The number of para-hydroxylation sites is 1. The van der Waals surface area contributed by atoms with Crippen molar-refractivity contribution in [1.29, 1.82) is 0 Å². The van der Waals surface area contributed by atoms with Crippen molar-refractivity contribution in [2.75, 3.05) is 13.7 Å². The first-order valence-corrected chi connectivity index (χ1v) is 8.11. The van der Waals surface area contributed by atoms with Gasteiger partial charge in [-0.25, -0.2) is 4.79 Å². The van der Waals surface area contributed by atoms with Crippen LogP contribution in [0.3, 0.4) is 0 Å². The number of aliphatic hydroxyl groups excluding tert-OH is 1. The molecule has 1 N–H and O–H groups in total. The monoisotopic (exact) mass is 330 g/mol. The number of benzene rings is 1. The third-order valence-corrected chi connectivity index (χ3v) is 4.64. The molecule has 1 amide bonds. The van der Waals surface area contributed by atoms with Crippen molar-refractivity contribution >= 4 is 22.8 Å². The zero-order chi connectivity index (χ0) is 17.3. The number of carbonyl (C=O) groups is 2. The van der Waals surface area contributed by atoms with Crippen molar-refractivity contribution in [3.8, 4) is 0 Å². The molecule has 1 aromatic heterocycles. The summed E-state index contributed by atoms with van der Waals surface area (Å²) in [4.78, 5) is 25.8. The lowest BCUT2D eigenvalue weighted by molar-refractivity contribution is -0.151. The smallest absolute Gasteiger partial charge is 0.328 e. The van der Waals surface area contributed by atoms with E-state index in [0.717, 1.165) is 16.6 Å². The Hall–Kier alpha value is -2.34. The predicted octanol–water partition coefficient (Wildman–Crippen LogP) is 1.47. The lowest BCUT2D eigenvalue weighted by Crippen LogP contribution is -2.41. The molecule has 0 spiro atoms. The minimum atomic E-state index is -0.681. The van der Waals surface area contributed by atoms with E-state index in [4.69, 9.17) is 4.74 Å². The molecule has 6 nitrogen and oxygen atoms in total. The molecular weight excluding hydrogens is 308 g/mol. The number of ether oxygens (including phenoxy) is 1. The van der Waals surface area contributed by atoms with Gasteiger partial charge in [0.05, 0.1) is 13.2 Å². The SMILES string of the molecule is COC(=O)[C@@H]1C[C@@H](O)CN1C(=O)CCn1c(C)cc2ccccc21. The zero-order valence-electron chi connectivity index (χ0n) is 13.9. The molecular formula is C18H22N2O4. The highest BCUT2D eigenvalue weighted by molar-refractivity contribution is 5.86. The van der Waals surface area contributed by atoms with Crippen molar-refractivity contribution < 1.29 is 19.4 Å². The van der Waals surface area contributed by atoms with Gasteiger partial charge in [-0.3, -0.25) is 4.79 Å². The van der Waals surface area contributed by atoms with Crippen molar-refractivity contribution in [3.05, 3.63) is 36.0 Å². The second-order valence-corrected chi connectivity index (χ2v) is 6.22. The van der Waals surface area contributed by atoms with Crippen LogP contribution in [0.2, 0.25) is 0 Å². The van der Waals surface area contributed by atoms with Gasteiger partial charge in [0, 0.05) is 37.1 Å². The molecule has 0 bridgehead atoms. The molecule has 1 aromatic carbocycles. The maximum Gasteiger partial charge on any atom is 0.328 e. The van der Waals surface area contributed by atoms with Crippen molar-refractivity contribution in [2.45, 2.75) is 38.5 Å². The maximum atomic E-state index is 12.6. The molecule has 1 fully saturated rings. The number of aliphatic hydroxyl groups is 1. The Morgan fingerprint density at radius 3 is 2.83 bits per heavy atom. The molecule has 1 saturated heterocycles. The Balaban J connectivity index is 1.72. The molecule has 0 unspecified atom stereocenters. The number of esters is 1. The summed E-state index contributed by atoms with van der Waals surface area (Å²) < 4.78 is 6.84. The number of amides is 1. The molecule has 2 aromatic rings. The van der Waals surface area contributed by atoms with Gasteiger partial charge in [-0.15, -0.1) is 0 Å². The minimum absolute atomic E-state index is 0.140. The van der Waals surface area contributed by atoms with Gasteiger partial charge in [0.15, 0.2) is 0 Å². The summed E-state index contributed by atoms with van der Waals surface area (Å²) >= 11 is 0. The Bertz CT molecular complexity index is 767. The average Bonchev–Trinajstić information content (AvgIpc) is 3.11. The van der Waals surface area contributed by atoms with Gasteiger partial charge in [0.2, 0.25) is 5.91 Å². The Morgan fingerprint density at radius 2 is 2.08 bits per heavy atom. The number of hydrogen-bond donors (Lipinski definition) is 1. The van der Waals surface area contributed by atoms with Crippen molar-refractivity contribution in [2.24, 2.45) is 0 Å². The molecule has 6 heteroatoms. The van der Waals surface area contributed by atoms with Crippen LogP contribution in [0.4, 0.5) is 0 Å². The molecule has 128 valence electrons. The van der Waals surface area contributed by atoms with Crippen LogP contribution in [0.15, 0.2) is 30.3 Å². The summed E-state index contributed by atoms with van der Waals surface area (Å²) in [5.74, 6) is -0.610. The van der Waals surface area contributed by atoms with Crippen LogP contribution in [-0.2, 0) is 20.9 Å². The van der Waals surface area contributed by atoms with Crippen LogP contribution in [0.5, 0.6) is 0 Å². The fourth-order valence-electron chi connectivity index (χ4n) is 3.45. The topological polar surface area (TPSA) is 71.8 Å². The normalized spacial score (nSPS) is 20.5. The molecule has 2 atom stereocenters. The Morgan fingerprint density at radius 1 is 1.33 bits per heavy atom.